The Labute approximate surface area is 232 Å². The third-order valence-corrected chi connectivity index (χ3v) is 7.53. The minimum absolute atomic E-state index is 0.0975. The maximum Gasteiger partial charge on any atom is 0.212 e. The van der Waals surface area contributed by atoms with Gasteiger partial charge in [0.2, 0.25) is 5.88 Å². The lowest BCUT2D eigenvalue weighted by atomic mass is 9.87. The summed E-state index contributed by atoms with van der Waals surface area (Å²) >= 11 is 0. The van der Waals surface area contributed by atoms with E-state index in [1.165, 1.54) is 12.0 Å². The fourth-order valence-corrected chi connectivity index (χ4v) is 5.54. The van der Waals surface area contributed by atoms with Gasteiger partial charge >= 0.3 is 0 Å². The van der Waals surface area contributed by atoms with E-state index in [1.807, 2.05) is 36.7 Å². The Hall–Kier alpha value is -4.40. The van der Waals surface area contributed by atoms with Crippen LogP contribution in [0.15, 0.2) is 48.9 Å². The lowest BCUT2D eigenvalue weighted by molar-refractivity contribution is -0.00876. The molecule has 0 aromatic carbocycles. The van der Waals surface area contributed by atoms with Crippen LogP contribution in [0.3, 0.4) is 0 Å². The van der Waals surface area contributed by atoms with E-state index in [4.69, 9.17) is 20.2 Å². The highest BCUT2D eigenvalue weighted by molar-refractivity contribution is 5.88. The van der Waals surface area contributed by atoms with Gasteiger partial charge in [0.15, 0.2) is 5.82 Å². The lowest BCUT2D eigenvalue weighted by Gasteiger charge is -2.56. The number of rotatable bonds is 8. The molecule has 7 rings (SSSR count). The Morgan fingerprint density at radius 2 is 1.95 bits per heavy atom. The number of nitrogens with two attached hydrogens (primary N) is 1. The molecule has 2 bridgehead atoms. The third kappa shape index (κ3) is 4.87. The van der Waals surface area contributed by atoms with Crippen molar-refractivity contribution < 1.29 is 14.6 Å². The number of aromatic nitrogens is 4. The molecule has 0 aliphatic carbocycles. The molecule has 2 atom stereocenters. The van der Waals surface area contributed by atoms with Crippen molar-refractivity contribution in [3.8, 4) is 28.8 Å². The van der Waals surface area contributed by atoms with Gasteiger partial charge in [-0.25, -0.2) is 14.5 Å². The van der Waals surface area contributed by atoms with Gasteiger partial charge in [-0.3, -0.25) is 4.90 Å². The summed E-state index contributed by atoms with van der Waals surface area (Å²) in [6.07, 6.45) is 6.55. The zero-order chi connectivity index (χ0) is 28.0. The first kappa shape index (κ1) is 25.9. The Balaban J connectivity index is 1.21. The molecule has 3 aliphatic heterocycles. The standard InChI is InChI=1S/C29H32N8O3/c1-29(2,38)17-40-22-9-23(27-24(10-30)28(31)34-37(27)16-22)19-5-6-25(32-12-19)35-14-20-8-21(15-35)36(20)13-18-4-7-26(39-3)33-11-18/h4-7,9,11-12,16,20-21,38H,8,13-15,17H2,1-3H3,(H2,31,34). The van der Waals surface area contributed by atoms with E-state index in [2.05, 4.69) is 32.0 Å². The Morgan fingerprint density at radius 1 is 1.15 bits per heavy atom. The van der Waals surface area contributed by atoms with Crippen LogP contribution in [0.25, 0.3) is 16.6 Å². The summed E-state index contributed by atoms with van der Waals surface area (Å²) in [6.45, 7) is 6.15. The van der Waals surface area contributed by atoms with Gasteiger partial charge in [-0.2, -0.15) is 5.26 Å². The summed E-state index contributed by atoms with van der Waals surface area (Å²) in [7, 11) is 1.63. The Morgan fingerprint density at radius 3 is 2.58 bits per heavy atom. The molecule has 0 spiro atoms. The van der Waals surface area contributed by atoms with Gasteiger partial charge < -0.3 is 25.2 Å². The Kier molecular flexibility index (Phi) is 6.44. The molecule has 11 heteroatoms. The molecule has 3 saturated heterocycles. The monoisotopic (exact) mass is 540 g/mol. The van der Waals surface area contributed by atoms with Gasteiger partial charge in [0, 0.05) is 61.3 Å². The quantitative estimate of drug-likeness (QED) is 0.343. The molecule has 40 heavy (non-hydrogen) atoms. The lowest BCUT2D eigenvalue weighted by Crippen LogP contribution is -2.68. The van der Waals surface area contributed by atoms with Crippen molar-refractivity contribution in [2.75, 3.05) is 37.4 Å². The summed E-state index contributed by atoms with van der Waals surface area (Å²) < 4.78 is 12.6. The normalized spacial score (nSPS) is 18.8. The van der Waals surface area contributed by atoms with Crippen LogP contribution in [0.5, 0.6) is 11.6 Å². The van der Waals surface area contributed by atoms with E-state index in [-0.39, 0.29) is 12.4 Å². The fourth-order valence-electron chi connectivity index (χ4n) is 5.54. The second-order valence-corrected chi connectivity index (χ2v) is 11.1. The molecule has 3 N–H and O–H groups in total. The highest BCUT2D eigenvalue weighted by atomic mass is 16.5. The highest BCUT2D eigenvalue weighted by Crippen LogP contribution is 2.37. The number of piperazine rings is 1. The predicted octanol–water partition coefficient (Wildman–Crippen LogP) is 2.87. The van der Waals surface area contributed by atoms with Gasteiger partial charge in [0.1, 0.15) is 29.8 Å². The van der Waals surface area contributed by atoms with Crippen LogP contribution in [-0.4, -0.2) is 74.1 Å². The number of pyridine rings is 3. The summed E-state index contributed by atoms with van der Waals surface area (Å²) in [5.41, 5.74) is 8.66. The number of aliphatic hydroxyl groups is 1. The minimum atomic E-state index is -1.00. The maximum atomic E-state index is 10.1. The average Bonchev–Trinajstić information content (AvgIpc) is 3.29. The molecule has 0 amide bonds. The van der Waals surface area contributed by atoms with Crippen molar-refractivity contribution in [2.24, 2.45) is 0 Å². The molecule has 3 aliphatic rings. The second kappa shape index (κ2) is 9.97. The molecule has 4 aromatic rings. The van der Waals surface area contributed by atoms with E-state index >= 15 is 0 Å². The van der Waals surface area contributed by atoms with Gasteiger partial charge in [-0.1, -0.05) is 6.07 Å². The van der Waals surface area contributed by atoms with Crippen molar-refractivity contribution >= 4 is 17.2 Å². The van der Waals surface area contributed by atoms with Crippen LogP contribution < -0.4 is 20.1 Å². The zero-order valence-corrected chi connectivity index (χ0v) is 22.8. The minimum Gasteiger partial charge on any atom is -0.489 e. The number of nitrogens with zero attached hydrogens (tertiary/aromatic N) is 7. The van der Waals surface area contributed by atoms with E-state index in [0.29, 0.717) is 34.8 Å². The van der Waals surface area contributed by atoms with Crippen LogP contribution in [0.1, 0.15) is 31.4 Å². The van der Waals surface area contributed by atoms with E-state index in [0.717, 1.165) is 36.6 Å². The van der Waals surface area contributed by atoms with Crippen molar-refractivity contribution in [3.63, 3.8) is 0 Å². The predicted molar refractivity (Wildman–Crippen MR) is 150 cm³/mol. The number of ether oxygens (including phenoxy) is 2. The first-order valence-corrected chi connectivity index (χ1v) is 13.3. The fraction of sp³-hybridized carbons (Fsp3) is 0.379. The molecule has 206 valence electrons. The van der Waals surface area contributed by atoms with E-state index < -0.39 is 5.60 Å². The number of nitrogen functional groups attached to an aromatic ring is 1. The van der Waals surface area contributed by atoms with Crippen molar-refractivity contribution in [1.82, 2.24) is 24.5 Å². The highest BCUT2D eigenvalue weighted by Gasteiger charge is 2.44. The number of hydrogen-bond donors (Lipinski definition) is 2. The van der Waals surface area contributed by atoms with Crippen LogP contribution in [0.4, 0.5) is 11.6 Å². The molecule has 0 radical (unpaired) electrons. The Bertz CT molecular complexity index is 1560. The van der Waals surface area contributed by atoms with E-state index in [1.54, 1.807) is 31.7 Å². The molecular weight excluding hydrogens is 508 g/mol. The molecule has 0 saturated carbocycles. The number of methoxy groups -OCH3 is 1. The van der Waals surface area contributed by atoms with Crippen LogP contribution >= 0.6 is 0 Å². The number of piperidine rings is 1. The molecule has 11 nitrogen and oxygen atoms in total. The number of nitriles is 1. The largest absolute Gasteiger partial charge is 0.489 e. The van der Waals surface area contributed by atoms with Gasteiger partial charge in [-0.05, 0) is 44.0 Å². The van der Waals surface area contributed by atoms with Crippen LogP contribution in [-0.2, 0) is 6.54 Å². The van der Waals surface area contributed by atoms with Crippen molar-refractivity contribution in [2.45, 2.75) is 44.5 Å². The summed E-state index contributed by atoms with van der Waals surface area (Å²) in [5, 5.41) is 24.2. The molecule has 2 unspecified atom stereocenters. The second-order valence-electron chi connectivity index (χ2n) is 11.1. The average molecular weight is 541 g/mol. The molecule has 3 fully saturated rings. The van der Waals surface area contributed by atoms with Gasteiger partial charge in [-0.15, -0.1) is 5.10 Å². The molecule has 4 aromatic heterocycles. The smallest absolute Gasteiger partial charge is 0.212 e. The van der Waals surface area contributed by atoms with Crippen molar-refractivity contribution in [3.05, 3.63) is 60.0 Å². The van der Waals surface area contributed by atoms with E-state index in [9.17, 15) is 10.4 Å². The summed E-state index contributed by atoms with van der Waals surface area (Å²) in [6, 6.07) is 13.0. The molecular formula is C29H32N8O3. The summed E-state index contributed by atoms with van der Waals surface area (Å²) in [5.74, 6) is 2.20. The first-order valence-electron chi connectivity index (χ1n) is 13.3. The summed E-state index contributed by atoms with van der Waals surface area (Å²) in [4.78, 5) is 14.0. The third-order valence-electron chi connectivity index (χ3n) is 7.53. The zero-order valence-electron chi connectivity index (χ0n) is 22.8. The van der Waals surface area contributed by atoms with Gasteiger partial charge in [0.25, 0.3) is 0 Å². The first-order chi connectivity index (χ1) is 19.2. The topological polar surface area (TPSA) is 138 Å². The van der Waals surface area contributed by atoms with Crippen molar-refractivity contribution in [1.29, 1.82) is 5.26 Å². The number of hydrogen-bond acceptors (Lipinski definition) is 10. The number of anilines is 2. The number of fused-ring (bicyclic) bond motifs is 3. The SMILES string of the molecule is COc1ccc(CN2C3CC2CN(c2ccc(-c4cc(OCC(C)(C)O)cn5nc(N)c(C#N)c45)cn2)C3)cn1. The van der Waals surface area contributed by atoms with Crippen LogP contribution in [0, 0.1) is 11.3 Å². The van der Waals surface area contributed by atoms with Crippen LogP contribution in [0.2, 0.25) is 0 Å². The maximum absolute atomic E-state index is 10.1. The van der Waals surface area contributed by atoms with Gasteiger partial charge in [0.05, 0.1) is 24.4 Å². The molecule has 7 heterocycles.